The molecule has 2 aliphatic rings. The van der Waals surface area contributed by atoms with E-state index in [2.05, 4.69) is 33.4 Å². The highest BCUT2D eigenvalue weighted by molar-refractivity contribution is 7.96. The third kappa shape index (κ3) is 4.05. The van der Waals surface area contributed by atoms with Gasteiger partial charge in [-0.3, -0.25) is 0 Å². The van der Waals surface area contributed by atoms with Crippen LogP contribution in [0.5, 0.6) is 0 Å². The van der Waals surface area contributed by atoms with Crippen molar-refractivity contribution in [2.24, 2.45) is 4.40 Å². The zero-order chi connectivity index (χ0) is 13.7. The molecule has 4 nitrogen and oxygen atoms in total. The topological polar surface area (TPSA) is 47.9 Å². The molecule has 2 aliphatic heterocycles. The molecule has 0 aromatic carbocycles. The van der Waals surface area contributed by atoms with Crippen LogP contribution in [-0.2, 0) is 0 Å². The maximum absolute atomic E-state index is 9.33. The smallest absolute Gasteiger partial charge is 0.0881 e. The van der Waals surface area contributed by atoms with Crippen molar-refractivity contribution in [2.75, 3.05) is 20.1 Å². The lowest BCUT2D eigenvalue weighted by Crippen LogP contribution is -2.46. The second-order valence-corrected chi connectivity index (χ2v) is 6.35. The number of rotatable bonds is 6. The van der Waals surface area contributed by atoms with Crippen molar-refractivity contribution < 1.29 is 5.11 Å². The van der Waals surface area contributed by atoms with Gasteiger partial charge in [-0.15, -0.1) is 0 Å². The summed E-state index contributed by atoms with van der Waals surface area (Å²) < 4.78 is 7.81. The molecule has 0 bridgehead atoms. The average Bonchev–Trinajstić information content (AvgIpc) is 2.84. The van der Waals surface area contributed by atoms with Gasteiger partial charge in [-0.1, -0.05) is 18.9 Å². The molecule has 2 atom stereocenters. The van der Waals surface area contributed by atoms with Crippen molar-refractivity contribution in [2.45, 2.75) is 50.7 Å². The summed E-state index contributed by atoms with van der Waals surface area (Å²) in [4.78, 5) is 2.37. The molecule has 0 fully saturated rings. The summed E-state index contributed by atoms with van der Waals surface area (Å²) in [5, 5.41) is 9.33. The maximum Gasteiger partial charge on any atom is 0.0881 e. The van der Waals surface area contributed by atoms with Gasteiger partial charge >= 0.3 is 0 Å². The number of hydrogen-bond donors (Lipinski definition) is 2. The lowest BCUT2D eigenvalue weighted by molar-refractivity contribution is 0.179. The Bertz CT molecular complexity index is 357. The summed E-state index contributed by atoms with van der Waals surface area (Å²) in [7, 11) is 2.17. The number of aliphatic hydroxyl groups excluding tert-OH is 1. The first-order valence-corrected chi connectivity index (χ1v) is 7.93. The van der Waals surface area contributed by atoms with Gasteiger partial charge in [-0.2, -0.15) is 0 Å². The van der Waals surface area contributed by atoms with E-state index in [9.17, 15) is 5.11 Å². The highest BCUT2D eigenvalue weighted by atomic mass is 32.2. The van der Waals surface area contributed by atoms with Crippen LogP contribution in [0.3, 0.4) is 0 Å². The molecule has 0 saturated carbocycles. The van der Waals surface area contributed by atoms with Crippen molar-refractivity contribution >= 4 is 18.3 Å². The van der Waals surface area contributed by atoms with E-state index in [1.165, 1.54) is 17.7 Å². The third-order valence-electron chi connectivity index (χ3n) is 3.91. The number of unbranched alkanes of at least 4 members (excludes halogenated alkanes) is 1. The van der Waals surface area contributed by atoms with Crippen LogP contribution in [0.2, 0.25) is 0 Å². The zero-order valence-electron chi connectivity index (χ0n) is 11.9. The van der Waals surface area contributed by atoms with Gasteiger partial charge in [0.05, 0.1) is 23.8 Å². The van der Waals surface area contributed by atoms with Crippen molar-refractivity contribution in [1.82, 2.24) is 9.62 Å². The van der Waals surface area contributed by atoms with E-state index in [-0.39, 0.29) is 11.6 Å². The van der Waals surface area contributed by atoms with Crippen LogP contribution in [0.15, 0.2) is 16.0 Å². The zero-order valence-corrected chi connectivity index (χ0v) is 12.7. The molecule has 2 unspecified atom stereocenters. The summed E-state index contributed by atoms with van der Waals surface area (Å²) in [5.41, 5.74) is 1.39. The van der Waals surface area contributed by atoms with Gasteiger partial charge in [0.15, 0.2) is 0 Å². The Morgan fingerprint density at radius 1 is 1.58 bits per heavy atom. The number of hydrogen-bond acceptors (Lipinski definition) is 5. The summed E-state index contributed by atoms with van der Waals surface area (Å²) >= 11 is 1.45. The van der Waals surface area contributed by atoms with E-state index in [1.807, 2.05) is 6.92 Å². The van der Waals surface area contributed by atoms with Gasteiger partial charge in [-0.05, 0) is 38.8 Å². The Morgan fingerprint density at radius 2 is 2.42 bits per heavy atom. The predicted molar refractivity (Wildman–Crippen MR) is 82.3 cm³/mol. The lowest BCUT2D eigenvalue weighted by atomic mass is 9.84. The molecule has 2 N–H and O–H groups in total. The normalized spacial score (nSPS) is 29.5. The van der Waals surface area contributed by atoms with Crippen LogP contribution in [0.4, 0.5) is 0 Å². The van der Waals surface area contributed by atoms with Crippen LogP contribution in [0.25, 0.3) is 0 Å². The van der Waals surface area contributed by atoms with Crippen molar-refractivity contribution in [1.29, 1.82) is 0 Å². The van der Waals surface area contributed by atoms with Crippen LogP contribution < -0.4 is 4.72 Å². The van der Waals surface area contributed by atoms with Crippen LogP contribution >= 0.6 is 12.1 Å². The molecule has 2 heterocycles. The molecule has 0 saturated heterocycles. The van der Waals surface area contributed by atoms with Crippen molar-refractivity contribution in [3.05, 3.63) is 11.6 Å². The fourth-order valence-corrected chi connectivity index (χ4v) is 3.47. The minimum atomic E-state index is -0.185. The summed E-state index contributed by atoms with van der Waals surface area (Å²) in [5.74, 6) is 0. The van der Waals surface area contributed by atoms with E-state index < -0.39 is 0 Å². The first-order chi connectivity index (χ1) is 9.12. The molecular formula is C14H25N3OS. The summed E-state index contributed by atoms with van der Waals surface area (Å²) in [6.45, 7) is 4.03. The largest absolute Gasteiger partial charge is 0.393 e. The van der Waals surface area contributed by atoms with Gasteiger partial charge < -0.3 is 10.0 Å². The lowest BCUT2D eigenvalue weighted by Gasteiger charge is -2.34. The van der Waals surface area contributed by atoms with Gasteiger partial charge in [0.2, 0.25) is 0 Å². The maximum atomic E-state index is 9.33. The van der Waals surface area contributed by atoms with Crippen molar-refractivity contribution in [3.63, 3.8) is 0 Å². The molecular weight excluding hydrogens is 258 g/mol. The van der Waals surface area contributed by atoms with E-state index in [1.54, 1.807) is 0 Å². The van der Waals surface area contributed by atoms with Gasteiger partial charge in [0.1, 0.15) is 0 Å². The van der Waals surface area contributed by atoms with E-state index in [4.69, 9.17) is 0 Å². The third-order valence-corrected chi connectivity index (χ3v) is 4.58. The van der Waals surface area contributed by atoms with Crippen LogP contribution in [0, 0.1) is 0 Å². The minimum absolute atomic E-state index is 0.0575. The second-order valence-electron chi connectivity index (χ2n) is 5.75. The first-order valence-electron chi connectivity index (χ1n) is 7.16. The molecule has 0 spiro atoms. The molecule has 0 aromatic rings. The Hall–Kier alpha value is -0.360. The first kappa shape index (κ1) is 15.0. The fourth-order valence-electron chi connectivity index (χ4n) is 2.74. The quantitative estimate of drug-likeness (QED) is 0.445. The van der Waals surface area contributed by atoms with Gasteiger partial charge in [-0.25, -0.2) is 9.12 Å². The molecule has 0 aliphatic carbocycles. The number of aliphatic hydroxyl groups is 1. The van der Waals surface area contributed by atoms with Crippen molar-refractivity contribution in [3.8, 4) is 0 Å². The van der Waals surface area contributed by atoms with Crippen LogP contribution in [-0.4, -0.2) is 48.0 Å². The van der Waals surface area contributed by atoms with E-state index >= 15 is 0 Å². The Labute approximate surface area is 120 Å². The predicted octanol–water partition coefficient (Wildman–Crippen LogP) is 2.17. The van der Waals surface area contributed by atoms with E-state index in [0.29, 0.717) is 0 Å². The Morgan fingerprint density at radius 3 is 3.05 bits per heavy atom. The standard InChI is InChI=1S/C14H25N3OS/c1-12(18)6-3-4-8-14(11-15-19-16-14)13-7-5-9-17(2)10-13/h7,11-12,16,18H,3-6,8-10H2,1-2H3. The fraction of sp³-hybridized carbons (Fsp3) is 0.786. The Kier molecular flexibility index (Phi) is 5.45. The molecule has 2 rings (SSSR count). The van der Waals surface area contributed by atoms with E-state index in [0.717, 1.165) is 45.2 Å². The molecule has 19 heavy (non-hydrogen) atoms. The highest BCUT2D eigenvalue weighted by Crippen LogP contribution is 2.31. The molecule has 0 aromatic heterocycles. The molecule has 108 valence electrons. The van der Waals surface area contributed by atoms with Crippen LogP contribution in [0.1, 0.15) is 39.0 Å². The number of nitrogens with zero attached hydrogens (tertiary/aromatic N) is 2. The average molecular weight is 283 g/mol. The Balaban J connectivity index is 1.94. The van der Waals surface area contributed by atoms with Gasteiger partial charge in [0, 0.05) is 19.3 Å². The summed E-state index contributed by atoms with van der Waals surface area (Å²) in [6, 6.07) is 0. The molecule has 5 heteroatoms. The highest BCUT2D eigenvalue weighted by Gasteiger charge is 2.36. The monoisotopic (exact) mass is 283 g/mol. The SMILES string of the molecule is CC(O)CCCCC1(C2=CCCN(C)C2)C=NSN1. The second kappa shape index (κ2) is 6.88. The summed E-state index contributed by atoms with van der Waals surface area (Å²) in [6.07, 6.45) is 9.53. The number of nitrogens with one attached hydrogen (secondary N) is 1. The molecule has 0 amide bonds. The minimum Gasteiger partial charge on any atom is -0.393 e. The number of likely N-dealkylation sites (N-methyl/N-ethyl adjacent to an activating group) is 1. The van der Waals surface area contributed by atoms with Gasteiger partial charge in [0.25, 0.3) is 0 Å². The molecule has 0 radical (unpaired) electrons.